The average Bonchev–Trinajstić information content (AvgIpc) is 3.40. The van der Waals surface area contributed by atoms with E-state index in [0.29, 0.717) is 17.5 Å². The second-order valence-electron chi connectivity index (χ2n) is 8.10. The number of hydrogen-bond acceptors (Lipinski definition) is 4. The highest BCUT2D eigenvalue weighted by Crippen LogP contribution is 2.39. The third-order valence-corrected chi connectivity index (χ3v) is 6.34. The largest absolute Gasteiger partial charge is 0.349 e. The lowest BCUT2D eigenvalue weighted by atomic mass is 9.99. The van der Waals surface area contributed by atoms with Gasteiger partial charge in [-0.2, -0.15) is 5.10 Å². The Kier molecular flexibility index (Phi) is 4.36. The molecule has 1 saturated heterocycles. The van der Waals surface area contributed by atoms with Crippen LogP contribution in [0.1, 0.15) is 40.7 Å². The molecule has 1 amide bonds. The van der Waals surface area contributed by atoms with Crippen molar-refractivity contribution in [1.82, 2.24) is 24.8 Å². The highest BCUT2D eigenvalue weighted by Gasteiger charge is 2.44. The summed E-state index contributed by atoms with van der Waals surface area (Å²) in [5.74, 6) is 0.534. The first-order chi connectivity index (χ1) is 13.7. The first-order valence-electron chi connectivity index (χ1n) is 10.1. The molecule has 6 heteroatoms. The van der Waals surface area contributed by atoms with Gasteiger partial charge in [0.25, 0.3) is 5.91 Å². The normalized spacial score (nSPS) is 24.5. The van der Waals surface area contributed by atoms with Gasteiger partial charge in [-0.25, -0.2) is 4.52 Å². The van der Waals surface area contributed by atoms with Gasteiger partial charge in [-0.1, -0.05) is 6.07 Å². The van der Waals surface area contributed by atoms with Crippen LogP contribution in [0.25, 0.3) is 5.52 Å². The number of amides is 1. The monoisotopic (exact) mass is 375 g/mol. The first kappa shape index (κ1) is 17.4. The van der Waals surface area contributed by atoms with E-state index in [2.05, 4.69) is 32.4 Å². The van der Waals surface area contributed by atoms with Crippen LogP contribution < -0.4 is 5.32 Å². The van der Waals surface area contributed by atoms with Crippen LogP contribution in [0.15, 0.2) is 49.1 Å². The molecule has 0 bridgehead atoms. The van der Waals surface area contributed by atoms with Crippen LogP contribution in [0.3, 0.4) is 0 Å². The van der Waals surface area contributed by atoms with Gasteiger partial charge >= 0.3 is 0 Å². The summed E-state index contributed by atoms with van der Waals surface area (Å²) in [5, 5.41) is 7.75. The van der Waals surface area contributed by atoms with Gasteiger partial charge in [0.05, 0.1) is 17.3 Å². The van der Waals surface area contributed by atoms with Crippen molar-refractivity contribution < 1.29 is 4.79 Å². The molecule has 0 aromatic carbocycles. The summed E-state index contributed by atoms with van der Waals surface area (Å²) in [6.07, 6.45) is 10.7. The van der Waals surface area contributed by atoms with Gasteiger partial charge in [-0.05, 0) is 62.4 Å². The number of hydrogen-bond donors (Lipinski definition) is 1. The van der Waals surface area contributed by atoms with Crippen LogP contribution in [-0.2, 0) is 6.54 Å². The SMILES string of the molecule is Cc1cncc(C(=O)N[C@H]2CC[C@@H]3[C@H]2CCN3Cc2cnn3ccccc23)c1. The van der Waals surface area contributed by atoms with Crippen LogP contribution in [0.4, 0.5) is 0 Å². The summed E-state index contributed by atoms with van der Waals surface area (Å²) in [7, 11) is 0. The lowest BCUT2D eigenvalue weighted by molar-refractivity contribution is 0.0926. The number of aryl methyl sites for hydroxylation is 1. The fourth-order valence-electron chi connectivity index (χ4n) is 5.01. The van der Waals surface area contributed by atoms with E-state index in [4.69, 9.17) is 0 Å². The Bertz CT molecular complexity index is 1010. The van der Waals surface area contributed by atoms with Gasteiger partial charge in [0, 0.05) is 42.8 Å². The molecule has 1 aliphatic carbocycles. The number of nitrogens with one attached hydrogen (secondary N) is 1. The molecule has 0 spiro atoms. The second kappa shape index (κ2) is 7.02. The van der Waals surface area contributed by atoms with Crippen LogP contribution in [0, 0.1) is 12.8 Å². The summed E-state index contributed by atoms with van der Waals surface area (Å²) >= 11 is 0. The van der Waals surface area contributed by atoms with Crippen molar-refractivity contribution in [3.63, 3.8) is 0 Å². The molecule has 2 aliphatic rings. The maximum Gasteiger partial charge on any atom is 0.253 e. The molecule has 1 saturated carbocycles. The van der Waals surface area contributed by atoms with Crippen molar-refractivity contribution in [3.8, 4) is 0 Å². The number of pyridine rings is 2. The van der Waals surface area contributed by atoms with Gasteiger partial charge < -0.3 is 5.32 Å². The van der Waals surface area contributed by atoms with Gasteiger partial charge in [0.15, 0.2) is 0 Å². The quantitative estimate of drug-likeness (QED) is 0.762. The number of likely N-dealkylation sites (tertiary alicyclic amines) is 1. The van der Waals surface area contributed by atoms with E-state index in [1.165, 1.54) is 11.1 Å². The maximum atomic E-state index is 12.6. The Morgan fingerprint density at radius 1 is 1.21 bits per heavy atom. The number of rotatable bonds is 4. The molecule has 3 atom stereocenters. The van der Waals surface area contributed by atoms with E-state index >= 15 is 0 Å². The average molecular weight is 375 g/mol. The van der Waals surface area contributed by atoms with Gasteiger partial charge in [-0.3, -0.25) is 14.7 Å². The number of nitrogens with zero attached hydrogens (tertiary/aromatic N) is 4. The molecule has 144 valence electrons. The predicted molar refractivity (Wildman–Crippen MR) is 107 cm³/mol. The molecule has 1 N–H and O–H groups in total. The van der Waals surface area contributed by atoms with Gasteiger partial charge in [0.1, 0.15) is 0 Å². The van der Waals surface area contributed by atoms with E-state index in [0.717, 1.165) is 37.9 Å². The van der Waals surface area contributed by atoms with Crippen LogP contribution >= 0.6 is 0 Å². The number of aromatic nitrogens is 3. The zero-order valence-corrected chi connectivity index (χ0v) is 16.1. The Balaban J connectivity index is 1.26. The van der Waals surface area contributed by atoms with Crippen LogP contribution in [0.5, 0.6) is 0 Å². The molecule has 5 rings (SSSR count). The van der Waals surface area contributed by atoms with Crippen molar-refractivity contribution in [3.05, 3.63) is 65.7 Å². The van der Waals surface area contributed by atoms with Crippen LogP contribution in [0.2, 0.25) is 0 Å². The van der Waals surface area contributed by atoms with E-state index in [9.17, 15) is 4.79 Å². The lowest BCUT2D eigenvalue weighted by Gasteiger charge is -2.24. The number of carbonyl (C=O) groups is 1. The molecule has 6 nitrogen and oxygen atoms in total. The summed E-state index contributed by atoms with van der Waals surface area (Å²) < 4.78 is 1.94. The highest BCUT2D eigenvalue weighted by atomic mass is 16.1. The second-order valence-corrected chi connectivity index (χ2v) is 8.10. The Hall–Kier alpha value is -2.73. The van der Waals surface area contributed by atoms with E-state index < -0.39 is 0 Å². The summed E-state index contributed by atoms with van der Waals surface area (Å²) in [6, 6.07) is 8.90. The molecule has 3 aromatic rings. The van der Waals surface area contributed by atoms with Crippen molar-refractivity contribution in [2.24, 2.45) is 5.92 Å². The fourth-order valence-corrected chi connectivity index (χ4v) is 5.01. The van der Waals surface area contributed by atoms with E-state index in [-0.39, 0.29) is 11.9 Å². The molecule has 0 unspecified atom stereocenters. The third-order valence-electron chi connectivity index (χ3n) is 6.34. The zero-order chi connectivity index (χ0) is 19.1. The zero-order valence-electron chi connectivity index (χ0n) is 16.1. The van der Waals surface area contributed by atoms with E-state index in [1.54, 1.807) is 12.4 Å². The fraction of sp³-hybridized carbons (Fsp3) is 0.409. The summed E-state index contributed by atoms with van der Waals surface area (Å²) in [6.45, 7) is 3.97. The Labute approximate surface area is 164 Å². The minimum Gasteiger partial charge on any atom is -0.349 e. The molecule has 2 fully saturated rings. The Morgan fingerprint density at radius 2 is 2.14 bits per heavy atom. The minimum absolute atomic E-state index is 0.00271. The van der Waals surface area contributed by atoms with E-state index in [1.807, 2.05) is 36.0 Å². The molecule has 4 heterocycles. The van der Waals surface area contributed by atoms with Crippen molar-refractivity contribution in [1.29, 1.82) is 0 Å². The molecule has 28 heavy (non-hydrogen) atoms. The molecule has 0 radical (unpaired) electrons. The molecular weight excluding hydrogens is 350 g/mol. The molecule has 1 aliphatic heterocycles. The lowest BCUT2D eigenvalue weighted by Crippen LogP contribution is -2.39. The van der Waals surface area contributed by atoms with Gasteiger partial charge in [0.2, 0.25) is 0 Å². The topological polar surface area (TPSA) is 62.5 Å². The predicted octanol–water partition coefficient (Wildman–Crippen LogP) is 2.82. The summed E-state index contributed by atoms with van der Waals surface area (Å²) in [4.78, 5) is 19.4. The van der Waals surface area contributed by atoms with Crippen molar-refractivity contribution in [2.45, 2.75) is 44.8 Å². The highest BCUT2D eigenvalue weighted by molar-refractivity contribution is 5.94. The number of fused-ring (bicyclic) bond motifs is 2. The number of carbonyl (C=O) groups excluding carboxylic acids is 1. The molecular formula is C22H25N5O. The summed E-state index contributed by atoms with van der Waals surface area (Å²) in [5.41, 5.74) is 4.13. The van der Waals surface area contributed by atoms with Gasteiger partial charge in [-0.15, -0.1) is 0 Å². The standard InChI is InChI=1S/C22H25N5O/c1-15-10-16(12-23-11-15)22(28)25-19-5-6-21-18(19)7-9-26(21)14-17-13-24-27-8-3-2-4-20(17)27/h2-4,8,10-13,18-19,21H,5-7,9,14H2,1H3,(H,25,28)/t18-,19-,21+/m0/s1. The molecule has 3 aromatic heterocycles. The van der Waals surface area contributed by atoms with Crippen molar-refractivity contribution >= 4 is 11.4 Å². The minimum atomic E-state index is 0.00271. The first-order valence-corrected chi connectivity index (χ1v) is 10.1. The third kappa shape index (κ3) is 3.07. The van der Waals surface area contributed by atoms with Crippen LogP contribution in [-0.4, -0.2) is 44.0 Å². The maximum absolute atomic E-state index is 12.6. The smallest absolute Gasteiger partial charge is 0.253 e. The van der Waals surface area contributed by atoms with Crippen molar-refractivity contribution in [2.75, 3.05) is 6.54 Å². The Morgan fingerprint density at radius 3 is 3.04 bits per heavy atom.